The van der Waals surface area contributed by atoms with Gasteiger partial charge in [0.2, 0.25) is 5.91 Å². The molecular weight excluding hydrogens is 238 g/mol. The number of fused-ring (bicyclic) bond motifs is 1. The van der Waals surface area contributed by atoms with Gasteiger partial charge in [0.1, 0.15) is 6.04 Å². The van der Waals surface area contributed by atoms with E-state index in [1.54, 1.807) is 0 Å². The first-order valence-corrected chi connectivity index (χ1v) is 7.20. The van der Waals surface area contributed by atoms with Crippen molar-refractivity contribution in [3.63, 3.8) is 0 Å². The summed E-state index contributed by atoms with van der Waals surface area (Å²) in [5.41, 5.74) is 2.08. The van der Waals surface area contributed by atoms with E-state index in [1.807, 2.05) is 24.3 Å². The molecule has 4 heteroatoms. The van der Waals surface area contributed by atoms with Crippen LogP contribution in [0.25, 0.3) is 0 Å². The van der Waals surface area contributed by atoms with Crippen molar-refractivity contribution in [2.45, 2.75) is 31.7 Å². The van der Waals surface area contributed by atoms with Gasteiger partial charge in [-0.2, -0.15) is 0 Å². The van der Waals surface area contributed by atoms with Gasteiger partial charge in [-0.25, -0.2) is 0 Å². The Labute approximate surface area is 114 Å². The Morgan fingerprint density at radius 1 is 1.21 bits per heavy atom. The summed E-state index contributed by atoms with van der Waals surface area (Å²) < 4.78 is 0. The predicted molar refractivity (Wildman–Crippen MR) is 77.3 cm³/mol. The zero-order valence-electron chi connectivity index (χ0n) is 11.1. The van der Waals surface area contributed by atoms with Gasteiger partial charge >= 0.3 is 0 Å². The quantitative estimate of drug-likeness (QED) is 0.780. The van der Waals surface area contributed by atoms with Crippen molar-refractivity contribution in [2.24, 2.45) is 5.92 Å². The first-order chi connectivity index (χ1) is 9.33. The van der Waals surface area contributed by atoms with Crippen LogP contribution in [0.5, 0.6) is 0 Å². The molecule has 1 atom stereocenters. The van der Waals surface area contributed by atoms with E-state index in [2.05, 4.69) is 16.0 Å². The summed E-state index contributed by atoms with van der Waals surface area (Å²) in [6, 6.07) is 7.82. The second kappa shape index (κ2) is 5.51. The maximum absolute atomic E-state index is 12.2. The molecule has 1 unspecified atom stereocenters. The fourth-order valence-corrected chi connectivity index (χ4v) is 2.95. The van der Waals surface area contributed by atoms with Crippen molar-refractivity contribution >= 4 is 17.3 Å². The van der Waals surface area contributed by atoms with Crippen LogP contribution in [0.4, 0.5) is 11.4 Å². The number of amides is 1. The first kappa shape index (κ1) is 12.3. The molecule has 1 amide bonds. The van der Waals surface area contributed by atoms with E-state index in [0.717, 1.165) is 17.9 Å². The molecular formula is C15H21N3O. The molecule has 1 saturated carbocycles. The van der Waals surface area contributed by atoms with Crippen LogP contribution in [0, 0.1) is 5.92 Å². The highest BCUT2D eigenvalue weighted by molar-refractivity contribution is 5.88. The zero-order valence-corrected chi connectivity index (χ0v) is 11.1. The SMILES string of the molecule is O=C(NCC1CCCC1)C1CNc2ccccc2N1. The molecule has 0 bridgehead atoms. The van der Waals surface area contributed by atoms with Gasteiger partial charge in [-0.15, -0.1) is 0 Å². The Morgan fingerprint density at radius 2 is 1.95 bits per heavy atom. The molecule has 1 aliphatic heterocycles. The Balaban J connectivity index is 1.54. The second-order valence-electron chi connectivity index (χ2n) is 5.52. The number of benzene rings is 1. The lowest BCUT2D eigenvalue weighted by atomic mass is 10.1. The highest BCUT2D eigenvalue weighted by Gasteiger charge is 2.24. The first-order valence-electron chi connectivity index (χ1n) is 7.20. The standard InChI is InChI=1S/C15H21N3O/c19-15(17-9-11-5-1-2-6-11)14-10-16-12-7-3-4-8-13(12)18-14/h3-4,7-8,11,14,16,18H,1-2,5-6,9-10H2,(H,17,19). The van der Waals surface area contributed by atoms with Crippen LogP contribution in [0.1, 0.15) is 25.7 Å². The fraction of sp³-hybridized carbons (Fsp3) is 0.533. The average Bonchev–Trinajstić information content (AvgIpc) is 2.97. The summed E-state index contributed by atoms with van der Waals surface area (Å²) in [7, 11) is 0. The van der Waals surface area contributed by atoms with Crippen LogP contribution in [0.15, 0.2) is 24.3 Å². The van der Waals surface area contributed by atoms with Crippen LogP contribution in [0.2, 0.25) is 0 Å². The zero-order chi connectivity index (χ0) is 13.1. The molecule has 102 valence electrons. The Bertz CT molecular complexity index is 454. The molecule has 1 aromatic carbocycles. The van der Waals surface area contributed by atoms with Crippen molar-refractivity contribution < 1.29 is 4.79 Å². The van der Waals surface area contributed by atoms with E-state index < -0.39 is 0 Å². The number of para-hydroxylation sites is 2. The van der Waals surface area contributed by atoms with Crippen molar-refractivity contribution in [3.05, 3.63) is 24.3 Å². The van der Waals surface area contributed by atoms with Crippen LogP contribution in [0.3, 0.4) is 0 Å². The van der Waals surface area contributed by atoms with E-state index in [1.165, 1.54) is 25.7 Å². The molecule has 19 heavy (non-hydrogen) atoms. The van der Waals surface area contributed by atoms with Crippen molar-refractivity contribution in [2.75, 3.05) is 23.7 Å². The third-order valence-electron chi connectivity index (χ3n) is 4.11. The Kier molecular flexibility index (Phi) is 3.58. The Hall–Kier alpha value is -1.71. The van der Waals surface area contributed by atoms with Crippen LogP contribution in [-0.4, -0.2) is 25.0 Å². The average molecular weight is 259 g/mol. The third-order valence-corrected chi connectivity index (χ3v) is 4.11. The largest absolute Gasteiger partial charge is 0.381 e. The molecule has 0 aromatic heterocycles. The molecule has 1 aliphatic carbocycles. The maximum Gasteiger partial charge on any atom is 0.244 e. The van der Waals surface area contributed by atoms with Gasteiger partial charge in [0.25, 0.3) is 0 Å². The minimum absolute atomic E-state index is 0.105. The number of anilines is 2. The molecule has 0 spiro atoms. The van der Waals surface area contributed by atoms with Crippen molar-refractivity contribution in [1.82, 2.24) is 5.32 Å². The van der Waals surface area contributed by atoms with Gasteiger partial charge in [0, 0.05) is 13.1 Å². The van der Waals surface area contributed by atoms with Crippen LogP contribution in [-0.2, 0) is 4.79 Å². The summed E-state index contributed by atoms with van der Waals surface area (Å²) in [6.45, 7) is 1.48. The topological polar surface area (TPSA) is 53.2 Å². The van der Waals surface area contributed by atoms with Gasteiger partial charge in [-0.3, -0.25) is 4.79 Å². The lowest BCUT2D eigenvalue weighted by Crippen LogP contribution is -2.47. The van der Waals surface area contributed by atoms with Crippen LogP contribution >= 0.6 is 0 Å². The number of carbonyl (C=O) groups excluding carboxylic acids is 1. The highest BCUT2D eigenvalue weighted by atomic mass is 16.2. The van der Waals surface area contributed by atoms with Gasteiger partial charge < -0.3 is 16.0 Å². The molecule has 3 rings (SSSR count). The normalized spacial score (nSPS) is 22.2. The fourth-order valence-electron chi connectivity index (χ4n) is 2.95. The molecule has 3 N–H and O–H groups in total. The van der Waals surface area contributed by atoms with Gasteiger partial charge in [-0.05, 0) is 30.9 Å². The second-order valence-corrected chi connectivity index (χ2v) is 5.52. The minimum atomic E-state index is -0.170. The molecule has 4 nitrogen and oxygen atoms in total. The molecule has 1 aromatic rings. The van der Waals surface area contributed by atoms with Crippen molar-refractivity contribution in [3.8, 4) is 0 Å². The molecule has 2 aliphatic rings. The summed E-state index contributed by atoms with van der Waals surface area (Å²) in [6.07, 6.45) is 5.16. The van der Waals surface area contributed by atoms with E-state index in [0.29, 0.717) is 12.5 Å². The lowest BCUT2D eigenvalue weighted by molar-refractivity contribution is -0.121. The summed E-state index contributed by atoms with van der Waals surface area (Å²) in [5, 5.41) is 9.68. The smallest absolute Gasteiger partial charge is 0.244 e. The highest BCUT2D eigenvalue weighted by Crippen LogP contribution is 2.26. The van der Waals surface area contributed by atoms with E-state index in [9.17, 15) is 4.79 Å². The number of nitrogens with one attached hydrogen (secondary N) is 3. The number of hydrogen-bond acceptors (Lipinski definition) is 3. The number of carbonyl (C=O) groups is 1. The summed E-state index contributed by atoms with van der Waals surface area (Å²) in [5.74, 6) is 0.793. The van der Waals surface area contributed by atoms with E-state index in [4.69, 9.17) is 0 Å². The Morgan fingerprint density at radius 3 is 2.74 bits per heavy atom. The predicted octanol–water partition coefficient (Wildman–Crippen LogP) is 2.20. The maximum atomic E-state index is 12.2. The summed E-state index contributed by atoms with van der Waals surface area (Å²) in [4.78, 5) is 12.2. The van der Waals surface area contributed by atoms with Crippen molar-refractivity contribution in [1.29, 1.82) is 0 Å². The van der Waals surface area contributed by atoms with Gasteiger partial charge in [-0.1, -0.05) is 25.0 Å². The molecule has 1 heterocycles. The van der Waals surface area contributed by atoms with Gasteiger partial charge in [0.15, 0.2) is 0 Å². The van der Waals surface area contributed by atoms with E-state index >= 15 is 0 Å². The van der Waals surface area contributed by atoms with Crippen LogP contribution < -0.4 is 16.0 Å². The number of hydrogen-bond donors (Lipinski definition) is 3. The number of rotatable bonds is 3. The third kappa shape index (κ3) is 2.83. The molecule has 0 radical (unpaired) electrons. The molecule has 0 saturated heterocycles. The van der Waals surface area contributed by atoms with E-state index in [-0.39, 0.29) is 11.9 Å². The molecule has 1 fully saturated rings. The lowest BCUT2D eigenvalue weighted by Gasteiger charge is -2.27. The minimum Gasteiger partial charge on any atom is -0.381 e. The van der Waals surface area contributed by atoms with Gasteiger partial charge in [0.05, 0.1) is 11.4 Å². The summed E-state index contributed by atoms with van der Waals surface area (Å²) >= 11 is 0. The monoisotopic (exact) mass is 259 g/mol.